The van der Waals surface area contributed by atoms with Gasteiger partial charge in [-0.2, -0.15) is 0 Å². The Balaban J connectivity index is 1.79. The number of thiophene rings is 1. The van der Waals surface area contributed by atoms with Gasteiger partial charge in [-0.05, 0) is 45.9 Å². The summed E-state index contributed by atoms with van der Waals surface area (Å²) in [5, 5.41) is 2.62. The van der Waals surface area contributed by atoms with Crippen molar-refractivity contribution in [3.8, 4) is 5.69 Å². The Morgan fingerprint density at radius 2 is 1.79 bits per heavy atom. The lowest BCUT2D eigenvalue weighted by Crippen LogP contribution is -2.32. The van der Waals surface area contributed by atoms with Crippen LogP contribution in [0.1, 0.15) is 32.7 Å². The molecular weight excluding hydrogens is 390 g/mol. The van der Waals surface area contributed by atoms with E-state index in [1.165, 1.54) is 22.9 Å². The van der Waals surface area contributed by atoms with E-state index in [0.29, 0.717) is 16.9 Å². The molecule has 2 heterocycles. The summed E-state index contributed by atoms with van der Waals surface area (Å²) in [4.78, 5) is 39.7. The summed E-state index contributed by atoms with van der Waals surface area (Å²) in [6.07, 6.45) is -1.05. The molecule has 0 saturated carbocycles. The van der Waals surface area contributed by atoms with E-state index in [2.05, 4.69) is 5.32 Å². The zero-order valence-electron chi connectivity index (χ0n) is 17.0. The number of hydrogen-bond donors (Lipinski definition) is 1. The van der Waals surface area contributed by atoms with Gasteiger partial charge in [0.05, 0.1) is 16.9 Å². The molecule has 3 rings (SSSR count). The molecule has 0 saturated heterocycles. The first-order valence-electron chi connectivity index (χ1n) is 9.13. The minimum absolute atomic E-state index is 0.159. The number of hydrogen-bond acceptors (Lipinski definition) is 5. The quantitative estimate of drug-likeness (QED) is 0.651. The molecule has 1 amide bonds. The first-order chi connectivity index (χ1) is 13.7. The summed E-state index contributed by atoms with van der Waals surface area (Å²) in [6, 6.07) is 10.9. The number of rotatable bonds is 5. The zero-order chi connectivity index (χ0) is 21.3. The molecule has 0 bridgehead atoms. The van der Waals surface area contributed by atoms with Crippen LogP contribution in [0.15, 0.2) is 41.2 Å². The van der Waals surface area contributed by atoms with Gasteiger partial charge < -0.3 is 10.1 Å². The summed E-state index contributed by atoms with van der Waals surface area (Å²) in [7, 11) is 1.74. The Morgan fingerprint density at radius 3 is 2.38 bits per heavy atom. The molecule has 8 heteroatoms. The van der Waals surface area contributed by atoms with Crippen LogP contribution in [0, 0.1) is 20.8 Å². The van der Waals surface area contributed by atoms with E-state index in [1.807, 2.05) is 44.2 Å². The molecule has 3 aromatic rings. The largest absolute Gasteiger partial charge is 0.449 e. The maximum absolute atomic E-state index is 12.9. The molecule has 1 atom stereocenters. The van der Waals surface area contributed by atoms with Gasteiger partial charge in [0.2, 0.25) is 0 Å². The van der Waals surface area contributed by atoms with Crippen LogP contribution in [-0.2, 0) is 16.6 Å². The number of anilines is 1. The van der Waals surface area contributed by atoms with Crippen LogP contribution in [0.4, 0.5) is 5.69 Å². The number of ether oxygens (including phenoxy) is 1. The molecule has 2 aromatic heterocycles. The van der Waals surface area contributed by atoms with Crippen molar-refractivity contribution >= 4 is 28.9 Å². The van der Waals surface area contributed by atoms with E-state index in [-0.39, 0.29) is 11.2 Å². The van der Waals surface area contributed by atoms with Gasteiger partial charge in [-0.25, -0.2) is 9.48 Å². The summed E-state index contributed by atoms with van der Waals surface area (Å²) in [5.74, 6) is -1.12. The fraction of sp³-hybridized carbons (Fsp3) is 0.286. The minimum Gasteiger partial charge on any atom is -0.449 e. The molecule has 0 aliphatic heterocycles. The predicted molar refractivity (Wildman–Crippen MR) is 113 cm³/mol. The van der Waals surface area contributed by atoms with Gasteiger partial charge >= 0.3 is 5.97 Å². The van der Waals surface area contributed by atoms with Crippen LogP contribution in [0.25, 0.3) is 5.69 Å². The Labute approximate surface area is 172 Å². The number of nitrogens with one attached hydrogen (secondary N) is 1. The number of para-hydroxylation sites is 1. The SMILES string of the molecule is Cc1cc(C(=O)O[C@H](C)C(=O)Nc2c(C)n(C)n(-c3ccccc3)c2=O)c(C)s1. The van der Waals surface area contributed by atoms with Crippen molar-refractivity contribution in [3.05, 3.63) is 67.8 Å². The van der Waals surface area contributed by atoms with Gasteiger partial charge in [0.25, 0.3) is 11.5 Å². The lowest BCUT2D eigenvalue weighted by atomic mass is 10.2. The van der Waals surface area contributed by atoms with E-state index in [0.717, 1.165) is 9.75 Å². The van der Waals surface area contributed by atoms with E-state index in [9.17, 15) is 14.4 Å². The van der Waals surface area contributed by atoms with Crippen LogP contribution in [0.2, 0.25) is 0 Å². The molecule has 0 spiro atoms. The number of amides is 1. The highest BCUT2D eigenvalue weighted by Gasteiger charge is 2.24. The standard InChI is InChI=1S/C21H23N3O4S/c1-12-11-17(15(4)29-12)21(27)28-14(3)19(25)22-18-13(2)23(5)24(20(18)26)16-9-7-6-8-10-16/h6-11,14H,1-5H3,(H,22,25)/t14-/m1/s1. The maximum Gasteiger partial charge on any atom is 0.340 e. The number of aryl methyl sites for hydroxylation is 2. The fourth-order valence-corrected chi connectivity index (χ4v) is 3.96. The smallest absolute Gasteiger partial charge is 0.340 e. The van der Waals surface area contributed by atoms with Crippen molar-refractivity contribution in [1.29, 1.82) is 0 Å². The van der Waals surface area contributed by atoms with Crippen LogP contribution in [0.5, 0.6) is 0 Å². The monoisotopic (exact) mass is 413 g/mol. The van der Waals surface area contributed by atoms with Crippen LogP contribution < -0.4 is 10.9 Å². The van der Waals surface area contributed by atoms with Crippen molar-refractivity contribution in [2.75, 3.05) is 5.32 Å². The molecule has 29 heavy (non-hydrogen) atoms. The number of carbonyl (C=O) groups excluding carboxylic acids is 2. The topological polar surface area (TPSA) is 82.3 Å². The van der Waals surface area contributed by atoms with Gasteiger partial charge in [0.1, 0.15) is 5.69 Å². The van der Waals surface area contributed by atoms with Gasteiger partial charge in [-0.1, -0.05) is 18.2 Å². The van der Waals surface area contributed by atoms with Gasteiger partial charge in [-0.15, -0.1) is 11.3 Å². The molecule has 1 aromatic carbocycles. The summed E-state index contributed by atoms with van der Waals surface area (Å²) in [5.41, 5.74) is 1.54. The first-order valence-corrected chi connectivity index (χ1v) is 9.95. The van der Waals surface area contributed by atoms with Gasteiger partial charge in [-0.3, -0.25) is 14.3 Å². The Kier molecular flexibility index (Phi) is 5.74. The predicted octanol–water partition coefficient (Wildman–Crippen LogP) is 3.35. The average Bonchev–Trinajstić information content (AvgIpc) is 3.13. The van der Waals surface area contributed by atoms with E-state index < -0.39 is 18.0 Å². The van der Waals surface area contributed by atoms with Crippen molar-refractivity contribution < 1.29 is 14.3 Å². The zero-order valence-corrected chi connectivity index (χ0v) is 17.8. The number of nitrogens with zero attached hydrogens (tertiary/aromatic N) is 2. The van der Waals surface area contributed by atoms with E-state index in [1.54, 1.807) is 24.7 Å². The van der Waals surface area contributed by atoms with Gasteiger partial charge in [0, 0.05) is 16.8 Å². The third-order valence-corrected chi connectivity index (χ3v) is 5.68. The van der Waals surface area contributed by atoms with Crippen molar-refractivity contribution in [1.82, 2.24) is 9.36 Å². The maximum atomic E-state index is 12.9. The van der Waals surface area contributed by atoms with Crippen molar-refractivity contribution in [2.24, 2.45) is 7.05 Å². The second kappa shape index (κ2) is 8.08. The highest BCUT2D eigenvalue weighted by molar-refractivity contribution is 7.12. The first kappa shape index (κ1) is 20.6. The molecule has 0 radical (unpaired) electrons. The van der Waals surface area contributed by atoms with Crippen molar-refractivity contribution in [2.45, 2.75) is 33.8 Å². The molecular formula is C21H23N3O4S. The number of aromatic nitrogens is 2. The normalized spacial score (nSPS) is 11.9. The second-order valence-corrected chi connectivity index (χ2v) is 8.26. The Hall–Kier alpha value is -3.13. The summed E-state index contributed by atoms with van der Waals surface area (Å²) < 4.78 is 8.45. The third kappa shape index (κ3) is 4.02. The molecule has 0 fully saturated rings. The summed E-state index contributed by atoms with van der Waals surface area (Å²) >= 11 is 1.49. The second-order valence-electron chi connectivity index (χ2n) is 6.80. The highest BCUT2D eigenvalue weighted by Crippen LogP contribution is 2.22. The highest BCUT2D eigenvalue weighted by atomic mass is 32.1. The molecule has 152 valence electrons. The van der Waals surface area contributed by atoms with Crippen LogP contribution >= 0.6 is 11.3 Å². The molecule has 1 N–H and O–H groups in total. The number of esters is 1. The molecule has 0 aliphatic carbocycles. The van der Waals surface area contributed by atoms with Crippen LogP contribution in [0.3, 0.4) is 0 Å². The lowest BCUT2D eigenvalue weighted by Gasteiger charge is -2.13. The number of benzene rings is 1. The third-order valence-electron chi connectivity index (χ3n) is 4.72. The molecule has 7 nitrogen and oxygen atoms in total. The summed E-state index contributed by atoms with van der Waals surface area (Å²) in [6.45, 7) is 6.96. The fourth-order valence-electron chi connectivity index (χ4n) is 3.05. The number of carbonyl (C=O) groups is 2. The lowest BCUT2D eigenvalue weighted by molar-refractivity contribution is -0.123. The molecule has 0 aliphatic rings. The van der Waals surface area contributed by atoms with E-state index >= 15 is 0 Å². The average molecular weight is 413 g/mol. The minimum atomic E-state index is -1.05. The van der Waals surface area contributed by atoms with Gasteiger partial charge in [0.15, 0.2) is 6.10 Å². The Morgan fingerprint density at radius 1 is 1.14 bits per heavy atom. The Bertz CT molecular complexity index is 1120. The van der Waals surface area contributed by atoms with E-state index in [4.69, 9.17) is 4.74 Å². The van der Waals surface area contributed by atoms with Crippen LogP contribution in [-0.4, -0.2) is 27.3 Å². The van der Waals surface area contributed by atoms with Crippen molar-refractivity contribution in [3.63, 3.8) is 0 Å². The molecule has 0 unspecified atom stereocenters.